The van der Waals surface area contributed by atoms with Gasteiger partial charge in [-0.05, 0) is 32.6 Å². The van der Waals surface area contributed by atoms with Gasteiger partial charge in [0.2, 0.25) is 5.95 Å². The van der Waals surface area contributed by atoms with Crippen LogP contribution in [0.5, 0.6) is 0 Å². The Balaban J connectivity index is 0.000000253. The number of aliphatic hydroxyl groups is 1. The van der Waals surface area contributed by atoms with Gasteiger partial charge in [-0.15, -0.1) is 5.10 Å². The van der Waals surface area contributed by atoms with Gasteiger partial charge in [-0.25, -0.2) is 13.9 Å². The maximum Gasteiger partial charge on any atom is 0.238 e. The molecule has 27 heavy (non-hydrogen) atoms. The second-order valence-electron chi connectivity index (χ2n) is 7.06. The second-order valence-corrected chi connectivity index (χ2v) is 7.44. The second kappa shape index (κ2) is 7.97. The molecule has 1 saturated heterocycles. The van der Waals surface area contributed by atoms with Crippen molar-refractivity contribution >= 4 is 23.1 Å². The first kappa shape index (κ1) is 19.8. The van der Waals surface area contributed by atoms with Crippen LogP contribution in [0.15, 0.2) is 6.20 Å². The highest BCUT2D eigenvalue weighted by Crippen LogP contribution is 2.50. The van der Waals surface area contributed by atoms with Crippen LogP contribution in [0.3, 0.4) is 0 Å². The summed E-state index contributed by atoms with van der Waals surface area (Å²) in [4.78, 5) is 3.89. The van der Waals surface area contributed by atoms with E-state index < -0.39 is 11.6 Å². The molecule has 7 nitrogen and oxygen atoms in total. The zero-order valence-electron chi connectivity index (χ0n) is 15.2. The smallest absolute Gasteiger partial charge is 0.238 e. The Labute approximate surface area is 161 Å². The molecule has 2 atom stereocenters. The van der Waals surface area contributed by atoms with Crippen LogP contribution in [-0.2, 0) is 10.2 Å². The van der Waals surface area contributed by atoms with Gasteiger partial charge in [0.05, 0.1) is 35.2 Å². The van der Waals surface area contributed by atoms with Gasteiger partial charge < -0.3 is 15.6 Å². The van der Waals surface area contributed by atoms with Gasteiger partial charge in [0.15, 0.2) is 0 Å². The number of nitriles is 1. The molecule has 3 heterocycles. The molecule has 9 heteroatoms. The molecule has 4 rings (SSSR count). The molecule has 3 N–H and O–H groups in total. The SMILES string of the molecule is CC(F)C1(c2c(C#N)c(Cl)c3cnc(N)nn23)CCC1.OC1CCCOC1. The molecule has 1 aliphatic heterocycles. The van der Waals surface area contributed by atoms with Crippen LogP contribution in [0, 0.1) is 11.3 Å². The number of rotatable bonds is 2. The first-order valence-electron chi connectivity index (χ1n) is 9.04. The summed E-state index contributed by atoms with van der Waals surface area (Å²) >= 11 is 6.22. The van der Waals surface area contributed by atoms with Crippen molar-refractivity contribution in [2.45, 2.75) is 56.7 Å². The third-order valence-corrected chi connectivity index (χ3v) is 5.75. The molecule has 146 valence electrons. The molecule has 2 unspecified atom stereocenters. The number of ether oxygens (including phenoxy) is 1. The van der Waals surface area contributed by atoms with Crippen LogP contribution in [0.2, 0.25) is 5.02 Å². The van der Waals surface area contributed by atoms with Crippen LogP contribution in [0.25, 0.3) is 5.52 Å². The molecule has 0 radical (unpaired) electrons. The lowest BCUT2D eigenvalue weighted by atomic mass is 9.63. The fourth-order valence-electron chi connectivity index (χ4n) is 3.69. The summed E-state index contributed by atoms with van der Waals surface area (Å²) in [6.07, 6.45) is 4.38. The Hall–Kier alpha value is -1.95. The topological polar surface area (TPSA) is 109 Å². The minimum atomic E-state index is -1.09. The Morgan fingerprint density at radius 1 is 1.52 bits per heavy atom. The maximum absolute atomic E-state index is 14.2. The maximum atomic E-state index is 14.2. The van der Waals surface area contributed by atoms with Gasteiger partial charge in [-0.2, -0.15) is 5.26 Å². The molecule has 0 amide bonds. The highest BCUT2D eigenvalue weighted by Gasteiger charge is 2.48. The van der Waals surface area contributed by atoms with E-state index in [1.807, 2.05) is 0 Å². The predicted molar refractivity (Wildman–Crippen MR) is 99.3 cm³/mol. The van der Waals surface area contributed by atoms with Crippen LogP contribution in [0.4, 0.5) is 10.3 Å². The minimum Gasteiger partial charge on any atom is -0.391 e. The lowest BCUT2D eigenvalue weighted by Crippen LogP contribution is -2.43. The summed E-state index contributed by atoms with van der Waals surface area (Å²) in [5.41, 5.74) is 6.19. The largest absolute Gasteiger partial charge is 0.391 e. The van der Waals surface area contributed by atoms with E-state index in [1.165, 1.54) is 17.6 Å². The summed E-state index contributed by atoms with van der Waals surface area (Å²) in [6.45, 7) is 2.88. The van der Waals surface area contributed by atoms with E-state index >= 15 is 0 Å². The lowest BCUT2D eigenvalue weighted by molar-refractivity contribution is -0.00535. The predicted octanol–water partition coefficient (Wildman–Crippen LogP) is 2.77. The Morgan fingerprint density at radius 3 is 2.70 bits per heavy atom. The lowest BCUT2D eigenvalue weighted by Gasteiger charge is -2.43. The van der Waals surface area contributed by atoms with E-state index in [9.17, 15) is 9.65 Å². The van der Waals surface area contributed by atoms with Crippen molar-refractivity contribution in [3.8, 4) is 6.07 Å². The van der Waals surface area contributed by atoms with Gasteiger partial charge in [-0.1, -0.05) is 18.0 Å². The quantitative estimate of drug-likeness (QED) is 0.809. The third-order valence-electron chi connectivity index (χ3n) is 5.37. The number of nitrogens with zero attached hydrogens (tertiary/aromatic N) is 4. The van der Waals surface area contributed by atoms with Gasteiger partial charge in [0.25, 0.3) is 0 Å². The Bertz CT molecular complexity index is 854. The molecule has 2 aromatic heterocycles. The number of nitrogens with two attached hydrogens (primary N) is 1. The van der Waals surface area contributed by atoms with Gasteiger partial charge in [0, 0.05) is 12.0 Å². The highest BCUT2D eigenvalue weighted by atomic mass is 35.5. The van der Waals surface area contributed by atoms with Gasteiger partial charge in [0.1, 0.15) is 17.8 Å². The van der Waals surface area contributed by atoms with Crippen molar-refractivity contribution in [1.82, 2.24) is 14.6 Å². The Morgan fingerprint density at radius 2 is 2.26 bits per heavy atom. The number of anilines is 1. The van der Waals surface area contributed by atoms with Crippen LogP contribution in [0.1, 0.15) is 50.3 Å². The van der Waals surface area contributed by atoms with Gasteiger partial charge >= 0.3 is 0 Å². The molecule has 2 aromatic rings. The molecule has 2 aliphatic rings. The molecule has 0 spiro atoms. The molecular formula is C18H23ClFN5O2. The van der Waals surface area contributed by atoms with Crippen molar-refractivity contribution in [2.24, 2.45) is 0 Å². The van der Waals surface area contributed by atoms with Crippen molar-refractivity contribution in [2.75, 3.05) is 18.9 Å². The zero-order valence-corrected chi connectivity index (χ0v) is 15.9. The van der Waals surface area contributed by atoms with Crippen LogP contribution < -0.4 is 5.73 Å². The summed E-state index contributed by atoms with van der Waals surface area (Å²) in [5.74, 6) is 0.0656. The number of nitrogen functional groups attached to an aromatic ring is 1. The Kier molecular flexibility index (Phi) is 5.84. The fourth-order valence-corrected chi connectivity index (χ4v) is 3.95. The van der Waals surface area contributed by atoms with Crippen molar-refractivity contribution < 1.29 is 14.2 Å². The average molecular weight is 396 g/mol. The van der Waals surface area contributed by atoms with E-state index in [1.54, 1.807) is 0 Å². The van der Waals surface area contributed by atoms with Crippen LogP contribution >= 0.6 is 11.6 Å². The number of hydrogen-bond acceptors (Lipinski definition) is 6. The number of alkyl halides is 1. The summed E-state index contributed by atoms with van der Waals surface area (Å²) in [6, 6.07) is 2.07. The van der Waals surface area contributed by atoms with Crippen molar-refractivity contribution in [3.63, 3.8) is 0 Å². The number of aromatic nitrogens is 3. The fraction of sp³-hybridized carbons (Fsp3) is 0.611. The third kappa shape index (κ3) is 3.59. The number of fused-ring (bicyclic) bond motifs is 1. The average Bonchev–Trinajstić information content (AvgIpc) is 2.87. The number of hydrogen-bond donors (Lipinski definition) is 2. The first-order chi connectivity index (χ1) is 12.9. The van der Waals surface area contributed by atoms with Gasteiger partial charge in [-0.3, -0.25) is 0 Å². The molecular weight excluding hydrogens is 373 g/mol. The van der Waals surface area contributed by atoms with E-state index in [2.05, 4.69) is 16.2 Å². The number of halogens is 2. The molecule has 0 bridgehead atoms. The van der Waals surface area contributed by atoms with Crippen LogP contribution in [-0.4, -0.2) is 45.2 Å². The normalized spacial score (nSPS) is 22.3. The molecule has 1 saturated carbocycles. The minimum absolute atomic E-state index is 0.0656. The molecule has 2 fully saturated rings. The summed E-state index contributed by atoms with van der Waals surface area (Å²) in [7, 11) is 0. The van der Waals surface area contributed by atoms with Crippen molar-refractivity contribution in [3.05, 3.63) is 22.5 Å². The van der Waals surface area contributed by atoms with E-state index in [4.69, 9.17) is 27.2 Å². The standard InChI is InChI=1S/C13H13ClFN5.C5H10O2/c1-7(15)13(3-2-4-13)11-8(5-16)10(14)9-6-18-12(17)19-20(9)11;6-5-2-1-3-7-4-5/h6-7H,2-4H2,1H3,(H2,17,19);5-6H,1-4H2. The van der Waals surface area contributed by atoms with E-state index in [-0.39, 0.29) is 22.6 Å². The van der Waals surface area contributed by atoms with E-state index in [0.29, 0.717) is 30.7 Å². The summed E-state index contributed by atoms with van der Waals surface area (Å²) in [5, 5.41) is 22.5. The zero-order chi connectivity index (χ0) is 19.6. The first-order valence-corrected chi connectivity index (χ1v) is 9.41. The molecule has 0 aromatic carbocycles. The summed E-state index contributed by atoms with van der Waals surface area (Å²) < 4.78 is 20.6. The molecule has 1 aliphatic carbocycles. The monoisotopic (exact) mass is 395 g/mol. The van der Waals surface area contributed by atoms with Crippen molar-refractivity contribution in [1.29, 1.82) is 5.26 Å². The highest BCUT2D eigenvalue weighted by molar-refractivity contribution is 6.35. The van der Waals surface area contributed by atoms with E-state index in [0.717, 1.165) is 25.9 Å². The number of aliphatic hydroxyl groups excluding tert-OH is 1.